The highest BCUT2D eigenvalue weighted by Gasteiger charge is 2.11. The van der Waals surface area contributed by atoms with Gasteiger partial charge in [-0.15, -0.1) is 0 Å². The molecular formula is C17H19NO3. The molecule has 0 atom stereocenters. The van der Waals surface area contributed by atoms with Crippen molar-refractivity contribution < 1.29 is 15.0 Å². The highest BCUT2D eigenvalue weighted by molar-refractivity contribution is 5.67. The minimum atomic E-state index is -0.829. The number of phenolic OH excluding ortho intramolecular Hbond substituents is 1. The van der Waals surface area contributed by atoms with Crippen LogP contribution < -0.4 is 4.90 Å². The van der Waals surface area contributed by atoms with Gasteiger partial charge < -0.3 is 15.1 Å². The van der Waals surface area contributed by atoms with Crippen LogP contribution in [0, 0.1) is 6.92 Å². The van der Waals surface area contributed by atoms with Gasteiger partial charge in [-0.1, -0.05) is 35.9 Å². The Labute approximate surface area is 124 Å². The van der Waals surface area contributed by atoms with Crippen LogP contribution in [0.3, 0.4) is 0 Å². The Bertz CT molecular complexity index is 611. The molecule has 0 unspecified atom stereocenters. The van der Waals surface area contributed by atoms with Gasteiger partial charge in [-0.05, 0) is 25.1 Å². The van der Waals surface area contributed by atoms with Gasteiger partial charge in [0.1, 0.15) is 5.75 Å². The summed E-state index contributed by atoms with van der Waals surface area (Å²) in [5.41, 5.74) is 2.80. The van der Waals surface area contributed by atoms with Crippen LogP contribution in [-0.4, -0.2) is 22.7 Å². The summed E-state index contributed by atoms with van der Waals surface area (Å²) in [5.74, 6) is -0.596. The third kappa shape index (κ3) is 4.24. The maximum absolute atomic E-state index is 10.8. The number of anilines is 1. The molecule has 4 heteroatoms. The molecule has 2 aromatic rings. The molecule has 0 bridgehead atoms. The minimum Gasteiger partial charge on any atom is -0.508 e. The number of aromatic hydroxyl groups is 1. The third-order valence-corrected chi connectivity index (χ3v) is 3.31. The molecule has 0 fully saturated rings. The first-order valence-electron chi connectivity index (χ1n) is 6.86. The van der Waals surface area contributed by atoms with Crippen LogP contribution in [0.1, 0.15) is 17.5 Å². The molecule has 0 saturated heterocycles. The summed E-state index contributed by atoms with van der Waals surface area (Å²) < 4.78 is 0. The summed E-state index contributed by atoms with van der Waals surface area (Å²) >= 11 is 0. The first kappa shape index (κ1) is 14.9. The van der Waals surface area contributed by atoms with Crippen LogP contribution in [-0.2, 0) is 11.3 Å². The normalized spacial score (nSPS) is 10.3. The van der Waals surface area contributed by atoms with E-state index < -0.39 is 5.97 Å². The predicted octanol–water partition coefficient (Wildman–Crippen LogP) is 3.18. The van der Waals surface area contributed by atoms with E-state index in [1.165, 1.54) is 0 Å². The first-order chi connectivity index (χ1) is 10.1. The average Bonchev–Trinajstić information content (AvgIpc) is 2.47. The van der Waals surface area contributed by atoms with Gasteiger partial charge in [-0.25, -0.2) is 0 Å². The topological polar surface area (TPSA) is 60.8 Å². The quantitative estimate of drug-likeness (QED) is 0.855. The Balaban J connectivity index is 2.23. The van der Waals surface area contributed by atoms with Gasteiger partial charge >= 0.3 is 5.97 Å². The van der Waals surface area contributed by atoms with Gasteiger partial charge in [0, 0.05) is 24.3 Å². The zero-order chi connectivity index (χ0) is 15.2. The van der Waals surface area contributed by atoms with E-state index in [9.17, 15) is 9.90 Å². The predicted molar refractivity (Wildman–Crippen MR) is 82.6 cm³/mol. The fraction of sp³-hybridized carbons (Fsp3) is 0.235. The number of aliphatic carboxylic acids is 1. The molecule has 0 aliphatic rings. The zero-order valence-corrected chi connectivity index (χ0v) is 12.0. The van der Waals surface area contributed by atoms with Crippen molar-refractivity contribution >= 4 is 11.7 Å². The molecule has 2 N–H and O–H groups in total. The van der Waals surface area contributed by atoms with Crippen molar-refractivity contribution in [2.24, 2.45) is 0 Å². The number of carbonyl (C=O) groups is 1. The van der Waals surface area contributed by atoms with E-state index >= 15 is 0 Å². The zero-order valence-electron chi connectivity index (χ0n) is 12.0. The van der Waals surface area contributed by atoms with E-state index in [0.717, 1.165) is 16.8 Å². The molecule has 0 heterocycles. The average molecular weight is 285 g/mol. The first-order valence-corrected chi connectivity index (χ1v) is 6.86. The van der Waals surface area contributed by atoms with Crippen molar-refractivity contribution in [1.29, 1.82) is 0 Å². The summed E-state index contributed by atoms with van der Waals surface area (Å²) in [6, 6.07) is 15.1. The lowest BCUT2D eigenvalue weighted by molar-refractivity contribution is -0.136. The summed E-state index contributed by atoms with van der Waals surface area (Å²) in [6.07, 6.45) is 0.0570. The molecule has 21 heavy (non-hydrogen) atoms. The second kappa shape index (κ2) is 6.79. The van der Waals surface area contributed by atoms with Crippen LogP contribution in [0.2, 0.25) is 0 Å². The van der Waals surface area contributed by atoms with Gasteiger partial charge in [-0.3, -0.25) is 4.79 Å². The molecule has 0 saturated carbocycles. The number of hydrogen-bond acceptors (Lipinski definition) is 3. The van der Waals surface area contributed by atoms with E-state index in [0.29, 0.717) is 13.1 Å². The Hall–Kier alpha value is -2.49. The van der Waals surface area contributed by atoms with Gasteiger partial charge in [0.15, 0.2) is 0 Å². The monoisotopic (exact) mass is 285 g/mol. The minimum absolute atomic E-state index is 0.0570. The summed E-state index contributed by atoms with van der Waals surface area (Å²) in [7, 11) is 0. The van der Waals surface area contributed by atoms with E-state index in [1.807, 2.05) is 54.3 Å². The van der Waals surface area contributed by atoms with Crippen molar-refractivity contribution in [3.05, 3.63) is 59.7 Å². The summed E-state index contributed by atoms with van der Waals surface area (Å²) in [6.45, 7) is 2.84. The lowest BCUT2D eigenvalue weighted by Gasteiger charge is -2.25. The number of hydrogen-bond donors (Lipinski definition) is 2. The second-order valence-corrected chi connectivity index (χ2v) is 5.03. The number of phenols is 1. The van der Waals surface area contributed by atoms with Crippen molar-refractivity contribution in [3.63, 3.8) is 0 Å². The molecule has 4 nitrogen and oxygen atoms in total. The van der Waals surface area contributed by atoms with E-state index in [1.54, 1.807) is 6.07 Å². The van der Waals surface area contributed by atoms with Crippen LogP contribution in [0.15, 0.2) is 48.5 Å². The highest BCUT2D eigenvalue weighted by Crippen LogP contribution is 2.23. The number of nitrogens with zero attached hydrogens (tertiary/aromatic N) is 1. The number of carboxylic acids is 1. The summed E-state index contributed by atoms with van der Waals surface area (Å²) in [5, 5.41) is 18.9. The van der Waals surface area contributed by atoms with Crippen LogP contribution in [0.4, 0.5) is 5.69 Å². The molecule has 0 amide bonds. The Morgan fingerprint density at radius 3 is 2.52 bits per heavy atom. The van der Waals surface area contributed by atoms with E-state index in [2.05, 4.69) is 0 Å². The highest BCUT2D eigenvalue weighted by atomic mass is 16.4. The molecule has 110 valence electrons. The maximum Gasteiger partial charge on any atom is 0.305 e. The number of aryl methyl sites for hydroxylation is 1. The molecule has 0 radical (unpaired) electrons. The van der Waals surface area contributed by atoms with E-state index in [-0.39, 0.29) is 12.2 Å². The van der Waals surface area contributed by atoms with Crippen molar-refractivity contribution in [2.75, 3.05) is 11.4 Å². The SMILES string of the molecule is Cc1ccc(O)c(CN(CCC(=O)O)c2ccccc2)c1. The molecule has 0 aliphatic heterocycles. The lowest BCUT2D eigenvalue weighted by Crippen LogP contribution is -2.25. The summed E-state index contributed by atoms with van der Waals surface area (Å²) in [4.78, 5) is 12.8. The fourth-order valence-corrected chi connectivity index (χ4v) is 2.22. The van der Waals surface area contributed by atoms with Crippen LogP contribution >= 0.6 is 0 Å². The van der Waals surface area contributed by atoms with Crippen molar-refractivity contribution in [1.82, 2.24) is 0 Å². The Morgan fingerprint density at radius 2 is 1.86 bits per heavy atom. The van der Waals surface area contributed by atoms with Crippen LogP contribution in [0.5, 0.6) is 5.75 Å². The van der Waals surface area contributed by atoms with Crippen LogP contribution in [0.25, 0.3) is 0 Å². The van der Waals surface area contributed by atoms with Gasteiger partial charge in [-0.2, -0.15) is 0 Å². The molecule has 0 aromatic heterocycles. The molecule has 0 aliphatic carbocycles. The van der Waals surface area contributed by atoms with E-state index in [4.69, 9.17) is 5.11 Å². The third-order valence-electron chi connectivity index (χ3n) is 3.31. The molecule has 2 aromatic carbocycles. The van der Waals surface area contributed by atoms with Gasteiger partial charge in [0.25, 0.3) is 0 Å². The number of rotatable bonds is 6. The van der Waals surface area contributed by atoms with Crippen molar-refractivity contribution in [2.45, 2.75) is 19.9 Å². The number of benzene rings is 2. The largest absolute Gasteiger partial charge is 0.508 e. The van der Waals surface area contributed by atoms with Gasteiger partial charge in [0.2, 0.25) is 0 Å². The molecular weight excluding hydrogens is 266 g/mol. The maximum atomic E-state index is 10.8. The number of para-hydroxylation sites is 1. The second-order valence-electron chi connectivity index (χ2n) is 5.03. The smallest absolute Gasteiger partial charge is 0.305 e. The lowest BCUT2D eigenvalue weighted by atomic mass is 10.1. The fourth-order valence-electron chi connectivity index (χ4n) is 2.22. The van der Waals surface area contributed by atoms with Gasteiger partial charge in [0.05, 0.1) is 6.42 Å². The molecule has 2 rings (SSSR count). The van der Waals surface area contributed by atoms with Crippen molar-refractivity contribution in [3.8, 4) is 5.75 Å². The number of carboxylic acid groups (broad SMARTS) is 1. The Kier molecular flexibility index (Phi) is 4.82. The Morgan fingerprint density at radius 1 is 1.14 bits per heavy atom. The standard InChI is InChI=1S/C17H19NO3/c1-13-7-8-16(19)14(11-13)12-18(10-9-17(20)21)15-5-3-2-4-6-15/h2-8,11,19H,9-10,12H2,1H3,(H,20,21). The molecule has 0 spiro atoms.